The predicted octanol–water partition coefficient (Wildman–Crippen LogP) is 12.8. The molecule has 4 aliphatic carbocycles. The van der Waals surface area contributed by atoms with Gasteiger partial charge in [-0.05, 0) is 136 Å². The van der Waals surface area contributed by atoms with Gasteiger partial charge in [-0.1, -0.05) is 87.8 Å². The maximum atomic E-state index is 12.2. The van der Waals surface area contributed by atoms with E-state index in [1.165, 1.54) is 114 Å². The number of hydrogen-bond acceptors (Lipinski definition) is 6. The van der Waals surface area contributed by atoms with E-state index in [0.29, 0.717) is 55.3 Å². The van der Waals surface area contributed by atoms with Gasteiger partial charge in [0.15, 0.2) is 0 Å². The SMILES string of the molecule is Cc1cc(-c2ccccc2OCCCOc2ccccc2-c2cc(C)cc(N3C4CCCCC4C4CCCCC43)c2O)c(O)c(N2C3CCCCC3C3CCCCC32)c1. The first-order valence-corrected chi connectivity index (χ1v) is 23.6. The van der Waals surface area contributed by atoms with E-state index in [4.69, 9.17) is 9.47 Å². The number of aromatic hydroxyl groups is 2. The van der Waals surface area contributed by atoms with Crippen molar-refractivity contribution in [1.29, 1.82) is 0 Å². The van der Waals surface area contributed by atoms with Crippen LogP contribution in [-0.2, 0) is 0 Å². The number of phenolic OH excluding ortho intramolecular Hbond substituents is 2. The lowest BCUT2D eigenvalue weighted by molar-refractivity contribution is 0.231. The van der Waals surface area contributed by atoms with Crippen molar-refractivity contribution in [2.24, 2.45) is 23.7 Å². The summed E-state index contributed by atoms with van der Waals surface area (Å²) < 4.78 is 13.0. The van der Waals surface area contributed by atoms with E-state index in [9.17, 15) is 10.2 Å². The quantitative estimate of drug-likeness (QED) is 0.156. The van der Waals surface area contributed by atoms with E-state index >= 15 is 0 Å². The number of aryl methyl sites for hydroxylation is 2. The van der Waals surface area contributed by atoms with Crippen molar-refractivity contribution in [3.63, 3.8) is 0 Å². The van der Waals surface area contributed by atoms with E-state index in [0.717, 1.165) is 68.8 Å². The van der Waals surface area contributed by atoms with Gasteiger partial charge in [-0.25, -0.2) is 0 Å². The molecule has 0 radical (unpaired) electrons. The monoisotopic (exact) mass is 795 g/mol. The van der Waals surface area contributed by atoms with E-state index in [-0.39, 0.29) is 0 Å². The zero-order valence-electron chi connectivity index (χ0n) is 35.6. The normalized spacial score (nSPS) is 28.7. The molecule has 4 aromatic rings. The van der Waals surface area contributed by atoms with Gasteiger partial charge in [-0.3, -0.25) is 0 Å². The summed E-state index contributed by atoms with van der Waals surface area (Å²) >= 11 is 0. The summed E-state index contributed by atoms with van der Waals surface area (Å²) in [6.45, 7) is 5.30. The minimum absolute atomic E-state index is 0.395. The molecule has 6 aliphatic rings. The fraction of sp³-hybridized carbons (Fsp3) is 0.547. The van der Waals surface area contributed by atoms with Crippen molar-refractivity contribution in [1.82, 2.24) is 0 Å². The molecule has 0 aromatic heterocycles. The van der Waals surface area contributed by atoms with E-state index in [1.807, 2.05) is 36.4 Å². The lowest BCUT2D eigenvalue weighted by atomic mass is 9.73. The molecule has 8 atom stereocenters. The van der Waals surface area contributed by atoms with Gasteiger partial charge in [0, 0.05) is 52.8 Å². The molecule has 0 bridgehead atoms. The van der Waals surface area contributed by atoms with E-state index in [1.54, 1.807) is 0 Å². The second kappa shape index (κ2) is 16.6. The highest BCUT2D eigenvalue weighted by Crippen LogP contribution is 2.56. The molecule has 2 aliphatic heterocycles. The largest absolute Gasteiger partial charge is 0.505 e. The third-order valence-corrected chi connectivity index (χ3v) is 15.8. The molecule has 59 heavy (non-hydrogen) atoms. The Balaban J connectivity index is 0.848. The molecular weight excluding hydrogens is 729 g/mol. The van der Waals surface area contributed by atoms with Crippen LogP contribution in [0, 0.1) is 37.5 Å². The highest BCUT2D eigenvalue weighted by molar-refractivity contribution is 5.84. The number of benzene rings is 4. The maximum absolute atomic E-state index is 12.2. The Morgan fingerprint density at radius 3 is 1.17 bits per heavy atom. The molecule has 4 aromatic carbocycles. The highest BCUT2D eigenvalue weighted by Gasteiger charge is 2.52. The standard InChI is InChI=1S/C53H66N2O4/c1-34-30-42(52(56)48(32-34)54-44-22-9-3-16-36(44)37-17-4-10-23-45(37)54)40-20-7-13-26-50(40)58-28-15-29-59-51-27-14-8-21-41(51)43-31-35(2)33-49(53(43)57)55-46-24-11-5-18-38(46)39-19-6-12-25-47(39)55/h7-8,13-14,20-21,26-27,30-33,36-39,44-47,56-57H,3-6,9-12,15-19,22-25,28-29H2,1-2H3. The smallest absolute Gasteiger partial charge is 0.146 e. The third kappa shape index (κ3) is 7.14. The molecular formula is C53H66N2O4. The van der Waals surface area contributed by atoms with Crippen LogP contribution < -0.4 is 19.3 Å². The summed E-state index contributed by atoms with van der Waals surface area (Å²) in [5.41, 5.74) is 7.98. The van der Waals surface area contributed by atoms with Crippen LogP contribution in [0.25, 0.3) is 22.3 Å². The minimum atomic E-state index is 0.395. The number of rotatable bonds is 10. The van der Waals surface area contributed by atoms with Crippen molar-refractivity contribution in [3.05, 3.63) is 83.9 Å². The summed E-state index contributed by atoms with van der Waals surface area (Å²) in [7, 11) is 0. The van der Waals surface area contributed by atoms with Gasteiger partial charge in [0.2, 0.25) is 0 Å². The zero-order chi connectivity index (χ0) is 40.0. The van der Waals surface area contributed by atoms with Gasteiger partial charge in [-0.2, -0.15) is 0 Å². The van der Waals surface area contributed by atoms with Crippen molar-refractivity contribution >= 4 is 11.4 Å². The molecule has 6 nitrogen and oxygen atoms in total. The zero-order valence-corrected chi connectivity index (χ0v) is 35.6. The topological polar surface area (TPSA) is 65.4 Å². The van der Waals surface area contributed by atoms with Gasteiger partial charge in [0.25, 0.3) is 0 Å². The summed E-state index contributed by atoms with van der Waals surface area (Å²) in [6, 6.07) is 27.2. The van der Waals surface area contributed by atoms with Gasteiger partial charge >= 0.3 is 0 Å². The number of ether oxygens (including phenoxy) is 2. The molecule has 4 saturated carbocycles. The molecule has 8 unspecified atom stereocenters. The Bertz CT molecular complexity index is 1940. The lowest BCUT2D eigenvalue weighted by Crippen LogP contribution is -2.40. The summed E-state index contributed by atoms with van der Waals surface area (Å²) in [6.07, 6.45) is 21.5. The molecule has 0 spiro atoms. The van der Waals surface area contributed by atoms with Crippen LogP contribution in [0.5, 0.6) is 23.0 Å². The second-order valence-electron chi connectivity index (χ2n) is 19.3. The molecule has 6 heteroatoms. The number of anilines is 2. The lowest BCUT2D eigenvalue weighted by Gasteiger charge is -2.37. The second-order valence-corrected chi connectivity index (χ2v) is 19.3. The van der Waals surface area contributed by atoms with Crippen LogP contribution in [0.4, 0.5) is 11.4 Å². The first-order valence-electron chi connectivity index (χ1n) is 23.6. The fourth-order valence-corrected chi connectivity index (χ4v) is 13.5. The highest BCUT2D eigenvalue weighted by atomic mass is 16.5. The Labute approximate surface area is 352 Å². The van der Waals surface area contributed by atoms with E-state index < -0.39 is 0 Å². The van der Waals surface area contributed by atoms with Crippen LogP contribution in [0.15, 0.2) is 72.8 Å². The van der Waals surface area contributed by atoms with Crippen molar-refractivity contribution < 1.29 is 19.7 Å². The van der Waals surface area contributed by atoms with Crippen molar-refractivity contribution in [2.45, 2.75) is 147 Å². The van der Waals surface area contributed by atoms with Gasteiger partial charge in [0.1, 0.15) is 23.0 Å². The molecule has 2 saturated heterocycles. The van der Waals surface area contributed by atoms with Gasteiger partial charge in [0.05, 0.1) is 24.6 Å². The van der Waals surface area contributed by atoms with Crippen molar-refractivity contribution in [3.8, 4) is 45.3 Å². The van der Waals surface area contributed by atoms with Crippen LogP contribution in [0.3, 0.4) is 0 Å². The molecule has 0 amide bonds. The molecule has 2 heterocycles. The molecule has 6 fully saturated rings. The molecule has 10 rings (SSSR count). The number of hydrogen-bond donors (Lipinski definition) is 2. The first-order chi connectivity index (χ1) is 29.0. The number of fused-ring (bicyclic) bond motifs is 6. The Hall–Kier alpha value is -4.32. The first kappa shape index (κ1) is 38.9. The number of para-hydroxylation sites is 2. The average molecular weight is 795 g/mol. The third-order valence-electron chi connectivity index (χ3n) is 15.8. The molecule has 312 valence electrons. The maximum Gasteiger partial charge on any atom is 0.146 e. The van der Waals surface area contributed by atoms with Crippen LogP contribution in [-0.4, -0.2) is 47.6 Å². The summed E-state index contributed by atoms with van der Waals surface area (Å²) in [5, 5.41) is 24.3. The van der Waals surface area contributed by atoms with Crippen LogP contribution in [0.2, 0.25) is 0 Å². The summed E-state index contributed by atoms with van der Waals surface area (Å²) in [4.78, 5) is 5.36. The fourth-order valence-electron chi connectivity index (χ4n) is 13.5. The Morgan fingerprint density at radius 2 is 0.797 bits per heavy atom. The minimum Gasteiger partial charge on any atom is -0.505 e. The average Bonchev–Trinajstić information content (AvgIpc) is 3.78. The van der Waals surface area contributed by atoms with Crippen molar-refractivity contribution in [2.75, 3.05) is 23.0 Å². The molecule has 2 N–H and O–H groups in total. The Morgan fingerprint density at radius 1 is 0.458 bits per heavy atom. The number of phenols is 2. The number of nitrogens with zero attached hydrogens (tertiary/aromatic N) is 2. The van der Waals surface area contributed by atoms with Gasteiger partial charge in [-0.15, -0.1) is 0 Å². The van der Waals surface area contributed by atoms with Crippen LogP contribution >= 0.6 is 0 Å². The van der Waals surface area contributed by atoms with Gasteiger partial charge < -0.3 is 29.5 Å². The van der Waals surface area contributed by atoms with E-state index in [2.05, 4.69) is 60.0 Å². The van der Waals surface area contributed by atoms with Crippen LogP contribution in [0.1, 0.15) is 120 Å². The predicted molar refractivity (Wildman–Crippen MR) is 240 cm³/mol. The Kier molecular flexibility index (Phi) is 10.9. The summed E-state index contributed by atoms with van der Waals surface area (Å²) in [5.74, 6) is 5.38.